The van der Waals surface area contributed by atoms with Crippen LogP contribution in [0, 0.1) is 0 Å². The molecule has 0 aliphatic carbocycles. The lowest BCUT2D eigenvalue weighted by Crippen LogP contribution is -1.80. The molecule has 28 heavy (non-hydrogen) atoms. The number of aromatic nitrogens is 1. The highest BCUT2D eigenvalue weighted by molar-refractivity contribution is 6.21. The zero-order valence-corrected chi connectivity index (χ0v) is 15.1. The number of fused-ring (bicyclic) bond motifs is 5. The van der Waals surface area contributed by atoms with E-state index >= 15 is 0 Å². The molecule has 0 saturated carbocycles. The smallest absolute Gasteiger partial charge is 0.145 e. The van der Waals surface area contributed by atoms with Gasteiger partial charge in [-0.3, -0.25) is 0 Å². The molecule has 132 valence electrons. The lowest BCUT2D eigenvalue weighted by Gasteiger charge is -2.03. The second-order valence-electron chi connectivity index (χ2n) is 7.07. The van der Waals surface area contributed by atoms with Crippen molar-refractivity contribution in [2.75, 3.05) is 0 Å². The maximum atomic E-state index is 6.60. The Kier molecular flexibility index (Phi) is 3.20. The van der Waals surface area contributed by atoms with Gasteiger partial charge in [-0.1, -0.05) is 78.9 Å². The highest BCUT2D eigenvalue weighted by atomic mass is 16.3. The van der Waals surface area contributed by atoms with Gasteiger partial charge in [0.15, 0.2) is 0 Å². The molecule has 2 heteroatoms. The fraction of sp³-hybridized carbons (Fsp3) is 0. The molecule has 0 amide bonds. The Labute approximate surface area is 162 Å². The van der Waals surface area contributed by atoms with Crippen molar-refractivity contribution in [3.8, 4) is 22.5 Å². The second kappa shape index (κ2) is 5.86. The van der Waals surface area contributed by atoms with E-state index in [-0.39, 0.29) is 0 Å². The standard InChI is InChI=1S/C26H17NO/c1-3-9-17(10-4-1)23-20-15-16-22-24(19-13-7-8-14-21(19)27-22)26(20)28-25(23)18-11-5-2-6-12-18/h1-16,27H. The van der Waals surface area contributed by atoms with E-state index < -0.39 is 0 Å². The van der Waals surface area contributed by atoms with Crippen LogP contribution < -0.4 is 0 Å². The van der Waals surface area contributed by atoms with E-state index in [1.165, 1.54) is 10.9 Å². The highest BCUT2D eigenvalue weighted by Gasteiger charge is 2.20. The Morgan fingerprint density at radius 2 is 1.21 bits per heavy atom. The molecule has 4 aromatic carbocycles. The fourth-order valence-electron chi connectivity index (χ4n) is 4.17. The summed E-state index contributed by atoms with van der Waals surface area (Å²) in [4.78, 5) is 3.52. The first kappa shape index (κ1) is 15.3. The minimum atomic E-state index is 0.916. The number of benzene rings is 4. The van der Waals surface area contributed by atoms with Crippen LogP contribution in [0.15, 0.2) is 101 Å². The van der Waals surface area contributed by atoms with E-state index in [4.69, 9.17) is 4.42 Å². The minimum absolute atomic E-state index is 0.916. The van der Waals surface area contributed by atoms with Gasteiger partial charge in [0, 0.05) is 27.4 Å². The number of furan rings is 1. The first-order valence-corrected chi connectivity index (χ1v) is 9.47. The van der Waals surface area contributed by atoms with Crippen LogP contribution in [-0.4, -0.2) is 4.98 Å². The van der Waals surface area contributed by atoms with E-state index in [2.05, 4.69) is 89.9 Å². The van der Waals surface area contributed by atoms with Crippen molar-refractivity contribution in [3.05, 3.63) is 97.1 Å². The van der Waals surface area contributed by atoms with Crippen LogP contribution in [0.5, 0.6) is 0 Å². The first-order chi connectivity index (χ1) is 13.9. The van der Waals surface area contributed by atoms with Crippen molar-refractivity contribution in [1.29, 1.82) is 0 Å². The average molecular weight is 359 g/mol. The lowest BCUT2D eigenvalue weighted by atomic mass is 9.98. The average Bonchev–Trinajstić information content (AvgIpc) is 3.33. The normalized spacial score (nSPS) is 11.6. The summed E-state index contributed by atoms with van der Waals surface area (Å²) in [5.41, 5.74) is 6.57. The molecule has 1 N–H and O–H groups in total. The van der Waals surface area contributed by atoms with Crippen molar-refractivity contribution < 1.29 is 4.42 Å². The maximum Gasteiger partial charge on any atom is 0.145 e. The van der Waals surface area contributed by atoms with Crippen molar-refractivity contribution in [3.63, 3.8) is 0 Å². The third kappa shape index (κ3) is 2.15. The van der Waals surface area contributed by atoms with Gasteiger partial charge in [0.2, 0.25) is 0 Å². The van der Waals surface area contributed by atoms with Gasteiger partial charge in [0.05, 0.1) is 10.9 Å². The molecule has 0 aliphatic rings. The number of para-hydroxylation sites is 1. The predicted molar refractivity (Wildman–Crippen MR) is 116 cm³/mol. The third-order valence-electron chi connectivity index (χ3n) is 5.42. The van der Waals surface area contributed by atoms with E-state index in [0.29, 0.717) is 0 Å². The Bertz CT molecular complexity index is 1440. The van der Waals surface area contributed by atoms with Crippen molar-refractivity contribution in [1.82, 2.24) is 4.98 Å². The largest absolute Gasteiger partial charge is 0.455 e. The molecule has 0 bridgehead atoms. The number of hydrogen-bond acceptors (Lipinski definition) is 1. The molecule has 2 aromatic heterocycles. The van der Waals surface area contributed by atoms with Crippen LogP contribution in [0.2, 0.25) is 0 Å². The van der Waals surface area contributed by atoms with Gasteiger partial charge < -0.3 is 9.40 Å². The molecular formula is C26H17NO. The van der Waals surface area contributed by atoms with E-state index in [9.17, 15) is 0 Å². The third-order valence-corrected chi connectivity index (χ3v) is 5.42. The van der Waals surface area contributed by atoms with Gasteiger partial charge in [-0.25, -0.2) is 0 Å². The number of nitrogens with one attached hydrogen (secondary N) is 1. The summed E-state index contributed by atoms with van der Waals surface area (Å²) in [5.74, 6) is 0.916. The SMILES string of the molecule is c1ccc(-c2oc3c(ccc4[nH]c5ccccc5c43)c2-c2ccccc2)cc1. The van der Waals surface area contributed by atoms with Crippen LogP contribution in [0.3, 0.4) is 0 Å². The zero-order valence-electron chi connectivity index (χ0n) is 15.1. The van der Waals surface area contributed by atoms with E-state index in [0.717, 1.165) is 44.3 Å². The summed E-state index contributed by atoms with van der Waals surface area (Å²) < 4.78 is 6.60. The van der Waals surface area contributed by atoms with Crippen LogP contribution in [0.25, 0.3) is 55.2 Å². The molecule has 0 atom stereocenters. The minimum Gasteiger partial charge on any atom is -0.455 e. The number of aromatic amines is 1. The lowest BCUT2D eigenvalue weighted by molar-refractivity contribution is 0.636. The summed E-state index contributed by atoms with van der Waals surface area (Å²) in [6.45, 7) is 0. The molecular weight excluding hydrogens is 342 g/mol. The van der Waals surface area contributed by atoms with Crippen LogP contribution in [0.4, 0.5) is 0 Å². The van der Waals surface area contributed by atoms with E-state index in [1.807, 2.05) is 12.1 Å². The van der Waals surface area contributed by atoms with Crippen molar-refractivity contribution >= 4 is 32.8 Å². The summed E-state index contributed by atoms with van der Waals surface area (Å²) in [7, 11) is 0. The van der Waals surface area contributed by atoms with Crippen molar-refractivity contribution in [2.45, 2.75) is 0 Å². The molecule has 0 aliphatic heterocycles. The molecule has 0 saturated heterocycles. The molecule has 2 nitrogen and oxygen atoms in total. The maximum absolute atomic E-state index is 6.60. The summed E-state index contributed by atoms with van der Waals surface area (Å²) in [5, 5.41) is 3.48. The fourth-order valence-corrected chi connectivity index (χ4v) is 4.17. The zero-order chi connectivity index (χ0) is 18.5. The van der Waals surface area contributed by atoms with Gasteiger partial charge >= 0.3 is 0 Å². The van der Waals surface area contributed by atoms with Gasteiger partial charge in [0.1, 0.15) is 11.3 Å². The monoisotopic (exact) mass is 359 g/mol. The van der Waals surface area contributed by atoms with Crippen LogP contribution in [-0.2, 0) is 0 Å². The Balaban J connectivity index is 1.80. The van der Waals surface area contributed by atoms with Gasteiger partial charge in [-0.05, 0) is 23.8 Å². The number of H-pyrrole nitrogens is 1. The quantitative estimate of drug-likeness (QED) is 0.343. The summed E-state index contributed by atoms with van der Waals surface area (Å²) >= 11 is 0. The Morgan fingerprint density at radius 1 is 0.536 bits per heavy atom. The molecule has 0 spiro atoms. The van der Waals surface area contributed by atoms with Crippen LogP contribution in [0.1, 0.15) is 0 Å². The number of rotatable bonds is 2. The Morgan fingerprint density at radius 3 is 2.00 bits per heavy atom. The molecule has 0 unspecified atom stereocenters. The molecule has 0 radical (unpaired) electrons. The van der Waals surface area contributed by atoms with Gasteiger partial charge in [0.25, 0.3) is 0 Å². The second-order valence-corrected chi connectivity index (χ2v) is 7.07. The predicted octanol–water partition coefficient (Wildman–Crippen LogP) is 7.40. The van der Waals surface area contributed by atoms with E-state index in [1.54, 1.807) is 0 Å². The Hall–Kier alpha value is -3.78. The summed E-state index contributed by atoms with van der Waals surface area (Å²) in [6.07, 6.45) is 0. The van der Waals surface area contributed by atoms with Crippen molar-refractivity contribution in [2.24, 2.45) is 0 Å². The molecule has 6 aromatic rings. The molecule has 0 fully saturated rings. The number of hydrogen-bond donors (Lipinski definition) is 1. The van der Waals surface area contributed by atoms with Gasteiger partial charge in [-0.15, -0.1) is 0 Å². The molecule has 2 heterocycles. The topological polar surface area (TPSA) is 28.9 Å². The summed E-state index contributed by atoms with van der Waals surface area (Å²) in [6, 6.07) is 33.6. The highest BCUT2D eigenvalue weighted by Crippen LogP contribution is 2.44. The van der Waals surface area contributed by atoms with Crippen LogP contribution >= 0.6 is 0 Å². The first-order valence-electron chi connectivity index (χ1n) is 9.47. The molecule has 6 rings (SSSR count). The van der Waals surface area contributed by atoms with Gasteiger partial charge in [-0.2, -0.15) is 0 Å².